The molecule has 0 bridgehead atoms. The van der Waals surface area contributed by atoms with E-state index in [1.807, 2.05) is 30.3 Å². The van der Waals surface area contributed by atoms with Gasteiger partial charge in [-0.2, -0.15) is 0 Å². The third-order valence-corrected chi connectivity index (χ3v) is 5.56. The number of fused-ring (bicyclic) bond motifs is 1. The minimum Gasteiger partial charge on any atom is -0.493 e. The van der Waals surface area contributed by atoms with Crippen molar-refractivity contribution in [3.63, 3.8) is 0 Å². The highest BCUT2D eigenvalue weighted by Gasteiger charge is 2.17. The Labute approximate surface area is 170 Å². The molecule has 0 radical (unpaired) electrons. The van der Waals surface area contributed by atoms with Crippen molar-refractivity contribution in [2.24, 2.45) is 0 Å². The Morgan fingerprint density at radius 1 is 0.931 bits per heavy atom. The van der Waals surface area contributed by atoms with Crippen LogP contribution in [0.5, 0.6) is 11.5 Å². The summed E-state index contributed by atoms with van der Waals surface area (Å²) in [6.45, 7) is 7.28. The summed E-state index contributed by atoms with van der Waals surface area (Å²) in [6.07, 6.45) is 0. The Hall–Kier alpha value is -2.99. The molecule has 152 valence electrons. The van der Waals surface area contributed by atoms with Crippen LogP contribution >= 0.6 is 0 Å². The lowest BCUT2D eigenvalue weighted by molar-refractivity contribution is 0.271. The molecular weight excluding hydrogens is 368 g/mol. The van der Waals surface area contributed by atoms with E-state index in [2.05, 4.69) is 16.7 Å². The molecule has 0 unspecified atom stereocenters. The summed E-state index contributed by atoms with van der Waals surface area (Å²) in [5.74, 6) is 1.73. The molecule has 4 rings (SSSR count). The zero-order valence-electron chi connectivity index (χ0n) is 17.1. The van der Waals surface area contributed by atoms with Gasteiger partial charge >= 0.3 is 0 Å². The maximum atomic E-state index is 12.8. The zero-order chi connectivity index (χ0) is 20.4. The van der Waals surface area contributed by atoms with E-state index in [0.717, 1.165) is 44.0 Å². The van der Waals surface area contributed by atoms with Crippen LogP contribution in [0, 0.1) is 0 Å². The molecule has 0 N–H and O–H groups in total. The number of likely N-dealkylation sites (N-methyl/N-ethyl adjacent to an activating group) is 1. The Morgan fingerprint density at radius 2 is 1.69 bits per heavy atom. The fraction of sp³-hybridized carbons (Fsp3) is 0.348. The molecule has 0 atom stereocenters. The number of rotatable bonds is 5. The van der Waals surface area contributed by atoms with Gasteiger partial charge in [0.25, 0.3) is 0 Å². The first kappa shape index (κ1) is 19.3. The minimum absolute atomic E-state index is 0.0509. The summed E-state index contributed by atoms with van der Waals surface area (Å²) in [5, 5.41) is 0.602. The first-order chi connectivity index (χ1) is 14.1. The maximum Gasteiger partial charge on any atom is 0.193 e. The first-order valence-electron chi connectivity index (χ1n) is 9.90. The molecule has 6 heteroatoms. The fourth-order valence-electron chi connectivity index (χ4n) is 3.80. The van der Waals surface area contributed by atoms with E-state index in [9.17, 15) is 4.79 Å². The molecule has 0 spiro atoms. The smallest absolute Gasteiger partial charge is 0.193 e. The van der Waals surface area contributed by atoms with Crippen molar-refractivity contribution in [2.45, 2.75) is 6.92 Å². The quantitative estimate of drug-likeness (QED) is 0.659. The third kappa shape index (κ3) is 3.80. The maximum absolute atomic E-state index is 12.8. The molecule has 1 aromatic heterocycles. The summed E-state index contributed by atoms with van der Waals surface area (Å²) < 4.78 is 16.7. The molecule has 1 aliphatic rings. The lowest BCUT2D eigenvalue weighted by Crippen LogP contribution is -2.46. The van der Waals surface area contributed by atoms with Crippen LogP contribution in [0.1, 0.15) is 6.92 Å². The zero-order valence-corrected chi connectivity index (χ0v) is 17.1. The minimum atomic E-state index is -0.0509. The molecule has 1 fully saturated rings. The van der Waals surface area contributed by atoms with Crippen molar-refractivity contribution in [2.75, 3.05) is 51.8 Å². The van der Waals surface area contributed by atoms with E-state index in [1.54, 1.807) is 26.4 Å². The lowest BCUT2D eigenvalue weighted by atomic mass is 10.1. The topological polar surface area (TPSA) is 55.1 Å². The highest BCUT2D eigenvalue weighted by atomic mass is 16.5. The Kier molecular flexibility index (Phi) is 5.45. The molecule has 3 aromatic rings. The van der Waals surface area contributed by atoms with Crippen LogP contribution in [-0.4, -0.2) is 51.8 Å². The highest BCUT2D eigenvalue weighted by molar-refractivity contribution is 5.82. The average molecular weight is 394 g/mol. The predicted molar refractivity (Wildman–Crippen MR) is 115 cm³/mol. The van der Waals surface area contributed by atoms with Crippen molar-refractivity contribution in [3.8, 4) is 22.8 Å². The molecule has 1 aliphatic heterocycles. The number of ether oxygens (including phenoxy) is 2. The van der Waals surface area contributed by atoms with Crippen LogP contribution in [0.25, 0.3) is 22.3 Å². The van der Waals surface area contributed by atoms with Crippen molar-refractivity contribution in [3.05, 3.63) is 52.7 Å². The van der Waals surface area contributed by atoms with Crippen LogP contribution in [0.3, 0.4) is 0 Å². The summed E-state index contributed by atoms with van der Waals surface area (Å²) in [6, 6.07) is 12.9. The molecule has 2 heterocycles. The van der Waals surface area contributed by atoms with Gasteiger partial charge in [-0.1, -0.05) is 6.92 Å². The molecular formula is C23H26N2O4. The van der Waals surface area contributed by atoms with Crippen LogP contribution in [0.2, 0.25) is 0 Å². The number of piperazine rings is 1. The standard InChI is InChI=1S/C23H26N2O4/c1-4-24-9-11-25(12-10-24)17-6-8-20-18(14-17)19(26)15-22(29-20)16-5-7-21(27-2)23(13-16)28-3/h5-8,13-15H,4,9-12H2,1-3H3. The Bertz CT molecular complexity index is 1070. The van der Waals surface area contributed by atoms with E-state index in [0.29, 0.717) is 28.2 Å². The largest absolute Gasteiger partial charge is 0.493 e. The van der Waals surface area contributed by atoms with E-state index in [1.165, 1.54) is 0 Å². The second kappa shape index (κ2) is 8.17. The van der Waals surface area contributed by atoms with E-state index < -0.39 is 0 Å². The van der Waals surface area contributed by atoms with Gasteiger partial charge in [-0.05, 0) is 42.9 Å². The molecule has 29 heavy (non-hydrogen) atoms. The van der Waals surface area contributed by atoms with Crippen LogP contribution in [0.4, 0.5) is 5.69 Å². The van der Waals surface area contributed by atoms with Crippen molar-refractivity contribution >= 4 is 16.7 Å². The molecule has 0 saturated carbocycles. The van der Waals surface area contributed by atoms with E-state index >= 15 is 0 Å². The van der Waals surface area contributed by atoms with Gasteiger partial charge in [0.1, 0.15) is 11.3 Å². The number of hydrogen-bond donors (Lipinski definition) is 0. The molecule has 0 aliphatic carbocycles. The van der Waals surface area contributed by atoms with Gasteiger partial charge in [-0.3, -0.25) is 4.79 Å². The normalized spacial score (nSPS) is 14.9. The van der Waals surface area contributed by atoms with Crippen molar-refractivity contribution < 1.29 is 13.9 Å². The van der Waals surface area contributed by atoms with E-state index in [-0.39, 0.29) is 5.43 Å². The van der Waals surface area contributed by atoms with Gasteiger partial charge in [-0.25, -0.2) is 0 Å². The van der Waals surface area contributed by atoms with Gasteiger partial charge in [0.05, 0.1) is 19.6 Å². The van der Waals surface area contributed by atoms with Gasteiger partial charge in [0.2, 0.25) is 0 Å². The SMILES string of the molecule is CCN1CCN(c2ccc3oc(-c4ccc(OC)c(OC)c4)cc(=O)c3c2)CC1. The molecule has 6 nitrogen and oxygen atoms in total. The number of nitrogens with zero attached hydrogens (tertiary/aromatic N) is 2. The van der Waals surface area contributed by atoms with Crippen LogP contribution in [0.15, 0.2) is 51.7 Å². The van der Waals surface area contributed by atoms with E-state index in [4.69, 9.17) is 13.9 Å². The fourth-order valence-corrected chi connectivity index (χ4v) is 3.80. The van der Waals surface area contributed by atoms with Crippen LogP contribution in [-0.2, 0) is 0 Å². The summed E-state index contributed by atoms with van der Waals surface area (Å²) in [5.41, 5.74) is 2.36. The highest BCUT2D eigenvalue weighted by Crippen LogP contribution is 2.33. The van der Waals surface area contributed by atoms with Gasteiger partial charge < -0.3 is 23.7 Å². The second-order valence-electron chi connectivity index (χ2n) is 7.15. The Balaban J connectivity index is 1.67. The van der Waals surface area contributed by atoms with Gasteiger partial charge in [0.15, 0.2) is 16.9 Å². The molecule has 2 aromatic carbocycles. The van der Waals surface area contributed by atoms with Crippen LogP contribution < -0.4 is 19.8 Å². The number of benzene rings is 2. The first-order valence-corrected chi connectivity index (χ1v) is 9.90. The van der Waals surface area contributed by atoms with Gasteiger partial charge in [0, 0.05) is 43.5 Å². The Morgan fingerprint density at radius 3 is 2.38 bits per heavy atom. The number of anilines is 1. The van der Waals surface area contributed by atoms with Crippen molar-refractivity contribution in [1.82, 2.24) is 4.90 Å². The predicted octanol–water partition coefficient (Wildman–Crippen LogP) is 3.62. The summed E-state index contributed by atoms with van der Waals surface area (Å²) >= 11 is 0. The number of methoxy groups -OCH3 is 2. The lowest BCUT2D eigenvalue weighted by Gasteiger charge is -2.35. The second-order valence-corrected chi connectivity index (χ2v) is 7.15. The molecule has 1 saturated heterocycles. The monoisotopic (exact) mass is 394 g/mol. The average Bonchev–Trinajstić information content (AvgIpc) is 2.78. The van der Waals surface area contributed by atoms with Gasteiger partial charge in [-0.15, -0.1) is 0 Å². The number of hydrogen-bond acceptors (Lipinski definition) is 6. The van der Waals surface area contributed by atoms with Crippen molar-refractivity contribution in [1.29, 1.82) is 0 Å². The summed E-state index contributed by atoms with van der Waals surface area (Å²) in [4.78, 5) is 17.6. The molecule has 0 amide bonds. The summed E-state index contributed by atoms with van der Waals surface area (Å²) in [7, 11) is 3.17. The third-order valence-electron chi connectivity index (χ3n) is 5.56.